The Morgan fingerprint density at radius 1 is 1.25 bits per heavy atom. The van der Waals surface area contributed by atoms with Crippen LogP contribution in [0.1, 0.15) is 25.3 Å². The Labute approximate surface area is 137 Å². The Morgan fingerprint density at radius 3 is 2.33 bits per heavy atom. The van der Waals surface area contributed by atoms with Crippen molar-refractivity contribution in [3.63, 3.8) is 0 Å². The van der Waals surface area contributed by atoms with Gasteiger partial charge in [-0.25, -0.2) is 13.2 Å². The van der Waals surface area contributed by atoms with E-state index in [0.29, 0.717) is 0 Å². The number of amides is 2. The molecular formula is C16H19F3N2O3. The molecule has 0 aromatic heterocycles. The van der Waals surface area contributed by atoms with Gasteiger partial charge in [-0.15, -0.1) is 0 Å². The molecule has 0 radical (unpaired) electrons. The number of hydrogen-bond acceptors (Lipinski definition) is 3. The van der Waals surface area contributed by atoms with E-state index >= 15 is 0 Å². The number of benzene rings is 1. The van der Waals surface area contributed by atoms with Gasteiger partial charge in [0.15, 0.2) is 17.5 Å². The van der Waals surface area contributed by atoms with Gasteiger partial charge in [0.25, 0.3) is 0 Å². The molecule has 1 aromatic carbocycles. The number of carbonyl (C=O) groups is 2. The SMILES string of the molecule is CC(O)C(NC(=O)C1CC1)C(=O)NCCc1cc(F)c(F)c(F)c1. The fourth-order valence-electron chi connectivity index (χ4n) is 2.21. The molecule has 2 unspecified atom stereocenters. The first kappa shape index (κ1) is 18.3. The molecule has 1 aliphatic rings. The Kier molecular flexibility index (Phi) is 5.82. The van der Waals surface area contributed by atoms with E-state index in [1.54, 1.807) is 0 Å². The summed E-state index contributed by atoms with van der Waals surface area (Å²) in [7, 11) is 0. The topological polar surface area (TPSA) is 78.4 Å². The van der Waals surface area contributed by atoms with Crippen LogP contribution in [-0.2, 0) is 16.0 Å². The molecule has 0 saturated heterocycles. The molecule has 2 amide bonds. The fraction of sp³-hybridized carbons (Fsp3) is 0.500. The lowest BCUT2D eigenvalue weighted by molar-refractivity contribution is -0.132. The first-order valence-electron chi connectivity index (χ1n) is 7.69. The van der Waals surface area contributed by atoms with E-state index in [1.165, 1.54) is 6.92 Å². The molecule has 3 N–H and O–H groups in total. The van der Waals surface area contributed by atoms with Gasteiger partial charge < -0.3 is 15.7 Å². The predicted octanol–water partition coefficient (Wildman–Crippen LogP) is 1.04. The third-order valence-corrected chi connectivity index (χ3v) is 3.77. The van der Waals surface area contributed by atoms with Crippen molar-refractivity contribution < 1.29 is 27.9 Å². The van der Waals surface area contributed by atoms with E-state index in [9.17, 15) is 27.9 Å². The minimum atomic E-state index is -1.54. The summed E-state index contributed by atoms with van der Waals surface area (Å²) >= 11 is 0. The van der Waals surface area contributed by atoms with Crippen LogP contribution in [0.15, 0.2) is 12.1 Å². The summed E-state index contributed by atoms with van der Waals surface area (Å²) in [5, 5.41) is 14.6. The van der Waals surface area contributed by atoms with E-state index in [1.807, 2.05) is 0 Å². The van der Waals surface area contributed by atoms with Crippen molar-refractivity contribution in [3.05, 3.63) is 35.1 Å². The summed E-state index contributed by atoms with van der Waals surface area (Å²) < 4.78 is 39.1. The smallest absolute Gasteiger partial charge is 0.245 e. The molecule has 8 heteroatoms. The monoisotopic (exact) mass is 344 g/mol. The number of aliphatic hydroxyl groups excluding tert-OH is 1. The number of hydrogen-bond donors (Lipinski definition) is 3. The lowest BCUT2D eigenvalue weighted by Crippen LogP contribution is -2.53. The lowest BCUT2D eigenvalue weighted by Gasteiger charge is -2.20. The van der Waals surface area contributed by atoms with Gasteiger partial charge in [-0.2, -0.15) is 0 Å². The van der Waals surface area contributed by atoms with E-state index < -0.39 is 35.5 Å². The predicted molar refractivity (Wildman–Crippen MR) is 79.4 cm³/mol. The van der Waals surface area contributed by atoms with Gasteiger partial charge in [0.1, 0.15) is 6.04 Å². The molecule has 0 aliphatic heterocycles. The van der Waals surface area contributed by atoms with Crippen molar-refractivity contribution in [1.82, 2.24) is 10.6 Å². The molecule has 1 fully saturated rings. The standard InChI is InChI=1S/C16H19F3N2O3/c1-8(22)14(21-15(23)10-2-3-10)16(24)20-5-4-9-6-11(17)13(19)12(18)7-9/h6-8,10,14,22H,2-5H2,1H3,(H,20,24)(H,21,23). The summed E-state index contributed by atoms with van der Waals surface area (Å²) in [6.45, 7) is 1.40. The first-order valence-corrected chi connectivity index (χ1v) is 7.69. The number of rotatable bonds is 7. The molecule has 2 atom stereocenters. The Balaban J connectivity index is 1.87. The summed E-state index contributed by atoms with van der Waals surface area (Å²) in [6, 6.07) is 0.608. The van der Waals surface area contributed by atoms with Crippen LogP contribution in [0.25, 0.3) is 0 Å². The molecule has 0 bridgehead atoms. The van der Waals surface area contributed by atoms with Gasteiger partial charge in [0.05, 0.1) is 6.10 Å². The van der Waals surface area contributed by atoms with Crippen molar-refractivity contribution in [2.45, 2.75) is 38.3 Å². The third kappa shape index (κ3) is 4.70. The highest BCUT2D eigenvalue weighted by Gasteiger charge is 2.34. The zero-order chi connectivity index (χ0) is 17.9. The minimum Gasteiger partial charge on any atom is -0.391 e. The summed E-state index contributed by atoms with van der Waals surface area (Å²) in [6.07, 6.45) is 0.514. The number of nitrogens with one attached hydrogen (secondary N) is 2. The minimum absolute atomic E-state index is 0.0197. The first-order chi connectivity index (χ1) is 11.3. The second-order valence-corrected chi connectivity index (χ2v) is 5.92. The van der Waals surface area contributed by atoms with Crippen molar-refractivity contribution in [2.24, 2.45) is 5.92 Å². The molecule has 0 heterocycles. The second kappa shape index (κ2) is 7.65. The highest BCUT2D eigenvalue weighted by Crippen LogP contribution is 2.28. The van der Waals surface area contributed by atoms with Crippen molar-refractivity contribution in [1.29, 1.82) is 0 Å². The van der Waals surface area contributed by atoms with Crippen LogP contribution < -0.4 is 10.6 Å². The molecule has 0 spiro atoms. The highest BCUT2D eigenvalue weighted by molar-refractivity contribution is 5.89. The van der Waals surface area contributed by atoms with Crippen LogP contribution in [0.5, 0.6) is 0 Å². The van der Waals surface area contributed by atoms with E-state index in [0.717, 1.165) is 25.0 Å². The quantitative estimate of drug-likeness (QED) is 0.647. The molecule has 132 valence electrons. The van der Waals surface area contributed by atoms with Crippen LogP contribution in [0, 0.1) is 23.4 Å². The zero-order valence-corrected chi connectivity index (χ0v) is 13.1. The Bertz CT molecular complexity index is 610. The second-order valence-electron chi connectivity index (χ2n) is 5.92. The van der Waals surface area contributed by atoms with E-state index in [2.05, 4.69) is 10.6 Å². The summed E-state index contributed by atoms with van der Waals surface area (Å²) in [4.78, 5) is 23.8. The van der Waals surface area contributed by atoms with Gasteiger partial charge in [0.2, 0.25) is 11.8 Å². The summed E-state index contributed by atoms with van der Waals surface area (Å²) in [5.41, 5.74) is 0.183. The van der Waals surface area contributed by atoms with E-state index in [4.69, 9.17) is 0 Å². The normalized spacial score (nSPS) is 16.4. The molecule has 24 heavy (non-hydrogen) atoms. The lowest BCUT2D eigenvalue weighted by atomic mass is 10.1. The Hall–Kier alpha value is -2.09. The van der Waals surface area contributed by atoms with Crippen molar-refractivity contribution in [3.8, 4) is 0 Å². The van der Waals surface area contributed by atoms with Crippen LogP contribution >= 0.6 is 0 Å². The largest absolute Gasteiger partial charge is 0.391 e. The average Bonchev–Trinajstić information content (AvgIpc) is 3.34. The maximum Gasteiger partial charge on any atom is 0.245 e. The fourth-order valence-corrected chi connectivity index (χ4v) is 2.21. The van der Waals surface area contributed by atoms with Crippen LogP contribution in [0.4, 0.5) is 13.2 Å². The van der Waals surface area contributed by atoms with Crippen molar-refractivity contribution >= 4 is 11.8 Å². The van der Waals surface area contributed by atoms with E-state index in [-0.39, 0.29) is 30.4 Å². The molecule has 2 rings (SSSR count). The zero-order valence-electron chi connectivity index (χ0n) is 13.1. The van der Waals surface area contributed by atoms with Crippen LogP contribution in [-0.4, -0.2) is 35.6 Å². The maximum absolute atomic E-state index is 13.1. The average molecular weight is 344 g/mol. The molecule has 1 saturated carbocycles. The molecule has 5 nitrogen and oxygen atoms in total. The number of aliphatic hydroxyl groups is 1. The van der Waals surface area contributed by atoms with Gasteiger partial charge in [-0.05, 0) is 43.9 Å². The van der Waals surface area contributed by atoms with Crippen LogP contribution in [0.3, 0.4) is 0 Å². The molecule has 1 aliphatic carbocycles. The molecule has 1 aromatic rings. The Morgan fingerprint density at radius 2 is 1.83 bits per heavy atom. The number of carbonyl (C=O) groups excluding carboxylic acids is 2. The van der Waals surface area contributed by atoms with Gasteiger partial charge in [-0.3, -0.25) is 9.59 Å². The van der Waals surface area contributed by atoms with Gasteiger partial charge >= 0.3 is 0 Å². The van der Waals surface area contributed by atoms with Gasteiger partial charge in [0, 0.05) is 12.5 Å². The highest BCUT2D eigenvalue weighted by atomic mass is 19.2. The van der Waals surface area contributed by atoms with Crippen LogP contribution in [0.2, 0.25) is 0 Å². The third-order valence-electron chi connectivity index (χ3n) is 3.77. The summed E-state index contributed by atoms with van der Waals surface area (Å²) in [5.74, 6) is -5.12. The van der Waals surface area contributed by atoms with Crippen molar-refractivity contribution in [2.75, 3.05) is 6.54 Å². The number of halogens is 3. The van der Waals surface area contributed by atoms with Gasteiger partial charge in [-0.1, -0.05) is 0 Å². The maximum atomic E-state index is 13.1. The molecular weight excluding hydrogens is 325 g/mol.